The van der Waals surface area contributed by atoms with E-state index in [2.05, 4.69) is 72.1 Å². The van der Waals surface area contributed by atoms with Crippen molar-refractivity contribution in [1.82, 2.24) is 42.9 Å². The molecule has 456 valence electrons. The summed E-state index contributed by atoms with van der Waals surface area (Å²) in [6.07, 6.45) is 13.3. The summed E-state index contributed by atoms with van der Waals surface area (Å²) in [6, 6.07) is 27.6. The predicted molar refractivity (Wildman–Crippen MR) is 327 cm³/mol. The van der Waals surface area contributed by atoms with Gasteiger partial charge in [0.15, 0.2) is 0 Å². The van der Waals surface area contributed by atoms with Gasteiger partial charge in [0.05, 0.1) is 55.5 Å². The van der Waals surface area contributed by atoms with Gasteiger partial charge in [0.2, 0.25) is 0 Å². The van der Waals surface area contributed by atoms with Crippen LogP contribution in [0, 0.1) is 0 Å². The van der Waals surface area contributed by atoms with Crippen LogP contribution < -0.4 is 20.5 Å². The van der Waals surface area contributed by atoms with Crippen molar-refractivity contribution >= 4 is 66.2 Å². The van der Waals surface area contributed by atoms with Gasteiger partial charge in [-0.1, -0.05) is 99.2 Å². The fourth-order valence-electron chi connectivity index (χ4n) is 13.1. The van der Waals surface area contributed by atoms with E-state index in [9.17, 15) is 41.1 Å². The highest BCUT2D eigenvalue weighted by atomic mass is 32.2. The number of amides is 5. The fourth-order valence-corrected chi connectivity index (χ4v) is 13.6. The number of fused-ring (bicyclic) bond motifs is 10. The molecule has 6 aromatic rings. The summed E-state index contributed by atoms with van der Waals surface area (Å²) in [5.41, 5.74) is 12.2. The number of morpholine rings is 2. The Morgan fingerprint density at radius 3 is 1.36 bits per heavy atom. The molecule has 2 aromatic heterocycles. The molecule has 4 aromatic carbocycles. The number of aromatic nitrogens is 2. The molecule has 21 nitrogen and oxygen atoms in total. The third kappa shape index (κ3) is 13.7. The Morgan fingerprint density at radius 1 is 0.565 bits per heavy atom. The number of rotatable bonds is 9. The van der Waals surface area contributed by atoms with Crippen LogP contribution in [0.2, 0.25) is 0 Å². The summed E-state index contributed by atoms with van der Waals surface area (Å²) in [5.74, 6) is -0.746. The van der Waals surface area contributed by atoms with Gasteiger partial charge in [-0.25, -0.2) is 24.2 Å². The molecule has 23 heteroatoms. The number of nitrogens with two attached hydrogens (primary N) is 1. The third-order valence-electron chi connectivity index (χ3n) is 17.5. The molecule has 2 saturated carbocycles. The SMILES string of the molecule is CN(C)S(=O)(=O)NC(=O)c1ccc2c(C3CCCCC3)c3n(c2c1)CC(NC(=O)N1CCOCC1)Cc1ccccc1-3.CN(C)S(N)(=O)=O.O=C(O)c1ccc2c(C3CCCCC3)c3n(c2c1)CC(NC(=O)N1CCOCC1)Cc1ccccc1-3. The molecule has 6 N–H and O–H groups in total. The van der Waals surface area contributed by atoms with Gasteiger partial charge >= 0.3 is 28.2 Å². The van der Waals surface area contributed by atoms with E-state index >= 15 is 0 Å². The number of carboxylic acid groups (broad SMARTS) is 1. The van der Waals surface area contributed by atoms with Crippen molar-refractivity contribution in [3.63, 3.8) is 0 Å². The normalized spacial score (nSPS) is 19.4. The predicted octanol–water partition coefficient (Wildman–Crippen LogP) is 7.63. The molecular weight excluding hydrogens is 1120 g/mol. The number of urea groups is 2. The van der Waals surface area contributed by atoms with Gasteiger partial charge in [0.1, 0.15) is 0 Å². The lowest BCUT2D eigenvalue weighted by Gasteiger charge is -2.29. The van der Waals surface area contributed by atoms with Crippen LogP contribution in [0.1, 0.15) is 119 Å². The highest BCUT2D eigenvalue weighted by Crippen LogP contribution is 2.48. The molecule has 0 spiro atoms. The van der Waals surface area contributed by atoms with Gasteiger partial charge < -0.3 is 44.1 Å². The van der Waals surface area contributed by atoms with Crippen LogP contribution in [0.5, 0.6) is 0 Å². The highest BCUT2D eigenvalue weighted by Gasteiger charge is 2.35. The topological polar surface area (TPSA) is 260 Å². The lowest BCUT2D eigenvalue weighted by atomic mass is 9.81. The van der Waals surface area contributed by atoms with Crippen LogP contribution in [0.3, 0.4) is 0 Å². The van der Waals surface area contributed by atoms with Crippen molar-refractivity contribution in [3.05, 3.63) is 118 Å². The molecular formula is C62H80N10O11S2. The van der Waals surface area contributed by atoms with Gasteiger partial charge in [-0.05, 0) is 96.9 Å². The molecule has 2 unspecified atom stereocenters. The first kappa shape index (κ1) is 61.2. The second-order valence-corrected chi connectivity index (χ2v) is 27.1. The largest absolute Gasteiger partial charge is 0.478 e. The number of carboxylic acids is 1. The van der Waals surface area contributed by atoms with E-state index in [-0.39, 0.29) is 29.7 Å². The Balaban J connectivity index is 0.000000171. The minimum absolute atomic E-state index is 0.0561. The summed E-state index contributed by atoms with van der Waals surface area (Å²) in [5, 5.41) is 23.1. The molecule has 4 aliphatic heterocycles. The number of benzene rings is 4. The molecule has 2 aliphatic carbocycles. The van der Waals surface area contributed by atoms with Crippen molar-refractivity contribution in [3.8, 4) is 22.5 Å². The van der Waals surface area contributed by atoms with Crippen LogP contribution in [-0.2, 0) is 55.8 Å². The summed E-state index contributed by atoms with van der Waals surface area (Å²) >= 11 is 0. The summed E-state index contributed by atoms with van der Waals surface area (Å²) in [4.78, 5) is 55.1. The van der Waals surface area contributed by atoms with Gasteiger partial charge in [0.25, 0.3) is 16.1 Å². The average molecular weight is 1210 g/mol. The Kier molecular flexibility index (Phi) is 19.0. The quantitative estimate of drug-likeness (QED) is 0.0940. The molecule has 5 amide bonds. The number of aromatic carboxylic acids is 1. The first-order valence-electron chi connectivity index (χ1n) is 29.7. The van der Waals surface area contributed by atoms with Crippen LogP contribution in [0.15, 0.2) is 84.9 Å². The smallest absolute Gasteiger partial charge is 0.335 e. The molecule has 2 atom stereocenters. The van der Waals surface area contributed by atoms with Crippen LogP contribution in [-0.4, -0.2) is 166 Å². The third-order valence-corrected chi connectivity index (χ3v) is 19.9. The summed E-state index contributed by atoms with van der Waals surface area (Å²) in [6.45, 7) is 5.66. The fraction of sp³-hybridized carbons (Fsp3) is 0.484. The van der Waals surface area contributed by atoms with Crippen LogP contribution in [0.25, 0.3) is 44.3 Å². The lowest BCUT2D eigenvalue weighted by Crippen LogP contribution is -2.50. The maximum Gasteiger partial charge on any atom is 0.335 e. The summed E-state index contributed by atoms with van der Waals surface area (Å²) in [7, 11) is -1.85. The molecule has 6 aliphatic rings. The molecule has 2 saturated heterocycles. The van der Waals surface area contributed by atoms with Crippen molar-refractivity contribution in [1.29, 1.82) is 0 Å². The van der Waals surface area contributed by atoms with Gasteiger partial charge in [-0.3, -0.25) is 4.79 Å². The zero-order chi connectivity index (χ0) is 60.2. The van der Waals surface area contributed by atoms with E-state index in [1.54, 1.807) is 23.1 Å². The van der Waals surface area contributed by atoms with E-state index in [0.717, 1.165) is 73.8 Å². The van der Waals surface area contributed by atoms with E-state index in [4.69, 9.17) is 9.47 Å². The second-order valence-electron chi connectivity index (χ2n) is 23.4. The van der Waals surface area contributed by atoms with Gasteiger partial charge in [0, 0.05) is 106 Å². The van der Waals surface area contributed by atoms with Crippen molar-refractivity contribution in [2.45, 2.75) is 114 Å². The average Bonchev–Trinajstić information content (AvgIpc) is 1.97. The first-order chi connectivity index (χ1) is 40.8. The van der Waals surface area contributed by atoms with Crippen molar-refractivity contribution in [2.75, 3.05) is 80.8 Å². The number of hydrogen-bond acceptors (Lipinski definition) is 10. The number of nitrogens with zero attached hydrogens (tertiary/aromatic N) is 6. The van der Waals surface area contributed by atoms with E-state index in [1.807, 2.05) is 29.2 Å². The zero-order valence-electron chi connectivity index (χ0n) is 49.1. The standard InChI is InChI=1S/C31H39N5O5S.C29H33N3O4.C2H8N2O2S/c1-34(2)42(39,40)33-30(37)23-12-13-26-27(19-23)36-20-24(32-31(38)35-14-16-41-17-15-35)18-22-10-6-7-11-25(22)29(36)28(26)21-8-4-3-5-9-21;33-28(34)21-10-11-24-25(17-21)32-18-22(30-29(35)31-12-14-36-15-13-31)16-20-8-4-5-9-23(20)27(32)26(24)19-6-2-1-3-7-19;1-4(2)7(3,5)6/h6-7,10-13,19,21,24H,3-5,8-9,14-18,20H2,1-2H3,(H,32,38)(H,33,37);4-5,8-11,17,19,22H,1-3,6-7,12-16,18H2,(H,30,35)(H,33,34);1-2H3,(H2,3,5,6). The van der Waals surface area contributed by atoms with Crippen molar-refractivity contribution < 1.29 is 50.6 Å². The minimum atomic E-state index is -3.94. The Morgan fingerprint density at radius 2 is 0.965 bits per heavy atom. The zero-order valence-corrected chi connectivity index (χ0v) is 50.7. The van der Waals surface area contributed by atoms with Gasteiger partial charge in [-0.15, -0.1) is 0 Å². The molecule has 4 fully saturated rings. The second kappa shape index (κ2) is 26.4. The van der Waals surface area contributed by atoms with Crippen molar-refractivity contribution in [2.24, 2.45) is 5.14 Å². The minimum Gasteiger partial charge on any atom is -0.478 e. The molecule has 6 heterocycles. The number of carbonyl (C=O) groups excluding carboxylic acids is 3. The molecule has 12 rings (SSSR count). The number of hydrogen-bond donors (Lipinski definition) is 5. The van der Waals surface area contributed by atoms with Gasteiger partial charge in [-0.2, -0.15) is 25.4 Å². The number of nitrogens with one attached hydrogen (secondary N) is 3. The van der Waals surface area contributed by atoms with E-state index in [1.165, 1.54) is 100 Å². The van der Waals surface area contributed by atoms with E-state index in [0.29, 0.717) is 89.5 Å². The Bertz CT molecular complexity index is 3670. The Labute approximate surface area is 498 Å². The lowest BCUT2D eigenvalue weighted by molar-refractivity contribution is 0.0523. The number of carbonyl (C=O) groups is 4. The monoisotopic (exact) mass is 1200 g/mol. The number of ether oxygens (including phenoxy) is 2. The van der Waals surface area contributed by atoms with E-state index < -0.39 is 32.3 Å². The van der Waals surface area contributed by atoms with Crippen LogP contribution in [0.4, 0.5) is 9.59 Å². The Hall–Kier alpha value is -6.86. The molecule has 0 radical (unpaired) electrons. The summed E-state index contributed by atoms with van der Waals surface area (Å²) < 4.78 is 64.4. The maximum absolute atomic E-state index is 13.3. The molecule has 85 heavy (non-hydrogen) atoms. The highest BCUT2D eigenvalue weighted by molar-refractivity contribution is 7.87. The molecule has 0 bridgehead atoms. The first-order valence-corrected chi connectivity index (χ1v) is 32.6. The maximum atomic E-state index is 13.3. The van der Waals surface area contributed by atoms with Crippen LogP contribution >= 0.6 is 0 Å².